The van der Waals surface area contributed by atoms with E-state index in [0.717, 1.165) is 18.8 Å². The molecule has 0 aliphatic rings. The van der Waals surface area contributed by atoms with Crippen molar-refractivity contribution in [1.82, 2.24) is 10.9 Å². The molecule has 3 aromatic rings. The maximum Gasteiger partial charge on any atom is 0.293 e. The summed E-state index contributed by atoms with van der Waals surface area (Å²) in [5.41, 5.74) is 7.76. The van der Waals surface area contributed by atoms with Crippen molar-refractivity contribution in [2.45, 2.75) is 26.8 Å². The van der Waals surface area contributed by atoms with Crippen LogP contribution in [0.5, 0.6) is 0 Å². The molecule has 6 heteroatoms. The van der Waals surface area contributed by atoms with E-state index in [0.29, 0.717) is 5.56 Å². The predicted molar refractivity (Wildman–Crippen MR) is 125 cm³/mol. The minimum atomic E-state index is -0.332. The molecule has 0 unspecified atom stereocenters. The number of hydrazine groups is 1. The molecule has 0 aliphatic heterocycles. The van der Waals surface area contributed by atoms with E-state index in [1.165, 1.54) is 16.3 Å². The molecule has 162 valence electrons. The summed E-state index contributed by atoms with van der Waals surface area (Å²) in [6.07, 6.45) is 0. The number of nitrogens with two attached hydrogens (primary N) is 1. The van der Waals surface area contributed by atoms with Gasteiger partial charge in [0.05, 0.1) is 0 Å². The van der Waals surface area contributed by atoms with Gasteiger partial charge < -0.3 is 10.2 Å². The predicted octanol–water partition coefficient (Wildman–Crippen LogP) is 2.77. The van der Waals surface area contributed by atoms with Gasteiger partial charge in [0.25, 0.3) is 11.8 Å². The van der Waals surface area contributed by atoms with Crippen molar-refractivity contribution >= 4 is 28.3 Å². The van der Waals surface area contributed by atoms with E-state index in [1.54, 1.807) is 12.1 Å². The van der Waals surface area contributed by atoms with Gasteiger partial charge >= 0.3 is 0 Å². The molecule has 3 rings (SSSR count). The topological polar surface area (TPSA) is 78.1 Å². The van der Waals surface area contributed by atoms with Crippen LogP contribution < -0.4 is 21.1 Å². The zero-order valence-corrected chi connectivity index (χ0v) is 18.4. The Kier molecular flexibility index (Phi) is 7.62. The average Bonchev–Trinajstić information content (AvgIpc) is 2.81. The monoisotopic (exact) mass is 419 g/mol. The maximum atomic E-state index is 12.3. The minimum Gasteiger partial charge on any atom is -0.372 e. The highest BCUT2D eigenvalue weighted by molar-refractivity contribution is 5.95. The second kappa shape index (κ2) is 10.6. The quantitative estimate of drug-likeness (QED) is 0.492. The Bertz CT molecular complexity index is 1020. The Labute approximate surface area is 183 Å². The highest BCUT2D eigenvalue weighted by atomic mass is 16.2. The molecule has 0 aliphatic carbocycles. The van der Waals surface area contributed by atoms with Crippen molar-refractivity contribution in [3.05, 3.63) is 77.9 Å². The number of amides is 2. The summed E-state index contributed by atoms with van der Waals surface area (Å²) < 4.78 is 0. The van der Waals surface area contributed by atoms with Crippen LogP contribution in [0.3, 0.4) is 0 Å². The zero-order valence-electron chi connectivity index (χ0n) is 18.4. The van der Waals surface area contributed by atoms with Crippen molar-refractivity contribution in [2.24, 2.45) is 0 Å². The highest BCUT2D eigenvalue weighted by Gasteiger charge is 2.15. The zero-order chi connectivity index (χ0) is 22.2. The van der Waals surface area contributed by atoms with Crippen molar-refractivity contribution in [2.75, 3.05) is 24.5 Å². The van der Waals surface area contributed by atoms with E-state index in [2.05, 4.69) is 60.8 Å². The van der Waals surface area contributed by atoms with Crippen LogP contribution in [0.15, 0.2) is 66.7 Å². The molecule has 0 heterocycles. The molecule has 1 atom stereocenters. The number of quaternary nitrogens is 1. The van der Waals surface area contributed by atoms with Crippen molar-refractivity contribution < 1.29 is 14.9 Å². The van der Waals surface area contributed by atoms with Crippen molar-refractivity contribution in [3.63, 3.8) is 0 Å². The normalized spacial score (nSPS) is 11.7. The number of nitrogens with zero attached hydrogens (tertiary/aromatic N) is 1. The number of fused-ring (bicyclic) bond motifs is 1. The summed E-state index contributed by atoms with van der Waals surface area (Å²) in [5.74, 6) is -0.582. The number of hydrogen-bond donors (Lipinski definition) is 3. The Morgan fingerprint density at radius 1 is 0.903 bits per heavy atom. The summed E-state index contributed by atoms with van der Waals surface area (Å²) in [5, 5.41) is 4.34. The number of hydrogen-bond acceptors (Lipinski definition) is 3. The Balaban J connectivity index is 1.50. The van der Waals surface area contributed by atoms with Crippen LogP contribution in [0, 0.1) is 0 Å². The lowest BCUT2D eigenvalue weighted by Crippen LogP contribution is -2.87. The molecular formula is C25H31N4O2+. The molecule has 6 nitrogen and oxygen atoms in total. The summed E-state index contributed by atoms with van der Waals surface area (Å²) >= 11 is 0. The Morgan fingerprint density at radius 2 is 1.58 bits per heavy atom. The molecule has 31 heavy (non-hydrogen) atoms. The van der Waals surface area contributed by atoms with Gasteiger partial charge in [0.2, 0.25) is 0 Å². The number of rotatable bonds is 8. The molecule has 2 amide bonds. The highest BCUT2D eigenvalue weighted by Crippen LogP contribution is 2.22. The molecule has 0 bridgehead atoms. The molecule has 0 spiro atoms. The van der Waals surface area contributed by atoms with Gasteiger partial charge in [-0.25, -0.2) is 0 Å². The molecule has 0 aromatic heterocycles. The molecule has 0 fully saturated rings. The van der Waals surface area contributed by atoms with Crippen molar-refractivity contribution in [3.8, 4) is 0 Å². The molecule has 4 N–H and O–H groups in total. The molecule has 0 saturated carbocycles. The smallest absolute Gasteiger partial charge is 0.293 e. The molecule has 3 aromatic carbocycles. The largest absolute Gasteiger partial charge is 0.372 e. The van der Waals surface area contributed by atoms with Gasteiger partial charge in [-0.1, -0.05) is 42.5 Å². The Hall–Kier alpha value is -3.38. The van der Waals surface area contributed by atoms with Crippen LogP contribution in [0.1, 0.15) is 42.7 Å². The van der Waals surface area contributed by atoms with Crippen LogP contribution in [0.25, 0.3) is 10.8 Å². The fourth-order valence-corrected chi connectivity index (χ4v) is 3.72. The summed E-state index contributed by atoms with van der Waals surface area (Å²) in [6.45, 7) is 8.30. The van der Waals surface area contributed by atoms with Crippen LogP contribution in [-0.2, 0) is 4.79 Å². The van der Waals surface area contributed by atoms with E-state index in [1.807, 2.05) is 35.6 Å². The number of benzene rings is 3. The first kappa shape index (κ1) is 22.3. The first-order chi connectivity index (χ1) is 15.0. The van der Waals surface area contributed by atoms with Gasteiger partial charge in [0.1, 0.15) is 6.04 Å². The Morgan fingerprint density at radius 3 is 2.29 bits per heavy atom. The van der Waals surface area contributed by atoms with E-state index >= 15 is 0 Å². The molecular weight excluding hydrogens is 388 g/mol. The lowest BCUT2D eigenvalue weighted by molar-refractivity contribution is -0.682. The van der Waals surface area contributed by atoms with Gasteiger partial charge in [0.15, 0.2) is 6.54 Å². The van der Waals surface area contributed by atoms with Crippen LogP contribution in [-0.4, -0.2) is 31.4 Å². The van der Waals surface area contributed by atoms with E-state index in [-0.39, 0.29) is 24.4 Å². The average molecular weight is 420 g/mol. The van der Waals surface area contributed by atoms with E-state index in [4.69, 9.17) is 0 Å². The van der Waals surface area contributed by atoms with Gasteiger partial charge in [-0.05, 0) is 55.8 Å². The lowest BCUT2D eigenvalue weighted by atomic mass is 10.00. The number of carbonyl (C=O) groups excluding carboxylic acids is 2. The molecule has 0 saturated heterocycles. The standard InChI is InChI=1S/C25H30N4O2/c1-4-29(5-2)21-15-13-20(14-16-21)25(31)28-27-24(30)17-26-18(3)22-12-8-10-19-9-6-7-11-23(19)22/h6-16,18,26H,4-5,17H2,1-3H3,(H,27,30)(H,28,31)/p+1/t18-/m0/s1. The van der Waals surface area contributed by atoms with E-state index < -0.39 is 0 Å². The van der Waals surface area contributed by atoms with E-state index in [9.17, 15) is 9.59 Å². The number of carbonyl (C=O) groups is 2. The van der Waals surface area contributed by atoms with Crippen molar-refractivity contribution in [1.29, 1.82) is 0 Å². The summed E-state index contributed by atoms with van der Waals surface area (Å²) in [4.78, 5) is 26.8. The van der Waals surface area contributed by atoms with Crippen LogP contribution in [0.4, 0.5) is 5.69 Å². The first-order valence-corrected chi connectivity index (χ1v) is 10.8. The fraction of sp³-hybridized carbons (Fsp3) is 0.280. The third-order valence-electron chi connectivity index (χ3n) is 5.54. The van der Waals surface area contributed by atoms with Crippen LogP contribution >= 0.6 is 0 Å². The van der Waals surface area contributed by atoms with Gasteiger partial charge in [0, 0.05) is 29.9 Å². The second-order valence-corrected chi connectivity index (χ2v) is 7.52. The van der Waals surface area contributed by atoms with Crippen LogP contribution in [0.2, 0.25) is 0 Å². The van der Waals surface area contributed by atoms with Gasteiger partial charge in [-0.3, -0.25) is 20.4 Å². The summed E-state index contributed by atoms with van der Waals surface area (Å²) in [6, 6.07) is 21.9. The SMILES string of the molecule is CCN(CC)c1ccc(C(=O)NNC(=O)C[NH2+][C@@H](C)c2cccc3ccccc23)cc1. The summed E-state index contributed by atoms with van der Waals surface area (Å²) in [7, 11) is 0. The third-order valence-corrected chi connectivity index (χ3v) is 5.54. The molecule has 0 radical (unpaired) electrons. The number of nitrogens with one attached hydrogen (secondary N) is 2. The lowest BCUT2D eigenvalue weighted by Gasteiger charge is -2.21. The number of anilines is 1. The van der Waals surface area contributed by atoms with Gasteiger partial charge in [-0.15, -0.1) is 0 Å². The first-order valence-electron chi connectivity index (χ1n) is 10.8. The van der Waals surface area contributed by atoms with Gasteiger partial charge in [-0.2, -0.15) is 0 Å². The minimum absolute atomic E-state index is 0.111. The maximum absolute atomic E-state index is 12.3. The second-order valence-electron chi connectivity index (χ2n) is 7.52. The fourth-order valence-electron chi connectivity index (χ4n) is 3.72. The third kappa shape index (κ3) is 5.61.